The van der Waals surface area contributed by atoms with Crippen LogP contribution in [0.5, 0.6) is 0 Å². The molecule has 0 spiro atoms. The molecule has 0 radical (unpaired) electrons. The first-order valence-electron chi connectivity index (χ1n) is 5.24. The van der Waals surface area contributed by atoms with Crippen LogP contribution in [0.2, 0.25) is 0 Å². The fourth-order valence-electron chi connectivity index (χ4n) is 1.70. The third-order valence-corrected chi connectivity index (χ3v) is 4.22. The number of halogens is 1. The molecule has 1 N–H and O–H groups in total. The molecule has 86 valence electrons. The first-order chi connectivity index (χ1) is 7.74. The van der Waals surface area contributed by atoms with Crippen LogP contribution in [0.1, 0.15) is 29.2 Å². The van der Waals surface area contributed by atoms with Gasteiger partial charge >= 0.3 is 0 Å². The second-order valence-corrected chi connectivity index (χ2v) is 5.39. The Kier molecular flexibility index (Phi) is 3.84. The van der Waals surface area contributed by atoms with Crippen LogP contribution in [0.4, 0.5) is 0 Å². The Morgan fingerprint density at radius 2 is 2.31 bits per heavy atom. The SMILES string of the molecule is CCNC(c1occc1Br)c1sccc1C. The van der Waals surface area contributed by atoms with Crippen LogP contribution in [-0.2, 0) is 0 Å². The van der Waals surface area contributed by atoms with E-state index >= 15 is 0 Å². The van der Waals surface area contributed by atoms with Gasteiger partial charge in [0.1, 0.15) is 11.8 Å². The third kappa shape index (κ3) is 2.24. The highest BCUT2D eigenvalue weighted by Gasteiger charge is 2.21. The molecule has 0 aliphatic carbocycles. The van der Waals surface area contributed by atoms with Crippen LogP contribution < -0.4 is 5.32 Å². The van der Waals surface area contributed by atoms with E-state index in [0.29, 0.717) is 0 Å². The van der Waals surface area contributed by atoms with Crippen molar-refractivity contribution in [2.75, 3.05) is 6.54 Å². The predicted octanol–water partition coefficient (Wildman–Crippen LogP) is 4.11. The highest BCUT2D eigenvalue weighted by Crippen LogP contribution is 2.33. The summed E-state index contributed by atoms with van der Waals surface area (Å²) in [5.74, 6) is 0.951. The fraction of sp³-hybridized carbons (Fsp3) is 0.333. The maximum Gasteiger partial charge on any atom is 0.140 e. The van der Waals surface area contributed by atoms with Crippen LogP contribution >= 0.6 is 27.3 Å². The van der Waals surface area contributed by atoms with Crippen molar-refractivity contribution in [2.24, 2.45) is 0 Å². The Hall–Kier alpha value is -0.580. The lowest BCUT2D eigenvalue weighted by molar-refractivity contribution is 0.452. The molecule has 0 saturated heterocycles. The Balaban J connectivity index is 2.39. The first-order valence-corrected chi connectivity index (χ1v) is 6.91. The molecule has 0 bridgehead atoms. The molecule has 2 rings (SSSR count). The van der Waals surface area contributed by atoms with Crippen molar-refractivity contribution in [3.63, 3.8) is 0 Å². The van der Waals surface area contributed by atoms with Gasteiger partial charge in [0.25, 0.3) is 0 Å². The van der Waals surface area contributed by atoms with E-state index in [1.165, 1.54) is 10.4 Å². The average molecular weight is 300 g/mol. The molecule has 0 aliphatic rings. The molecule has 2 aromatic heterocycles. The zero-order valence-electron chi connectivity index (χ0n) is 9.29. The van der Waals surface area contributed by atoms with Crippen molar-refractivity contribution in [3.05, 3.63) is 44.4 Å². The lowest BCUT2D eigenvalue weighted by atomic mass is 10.1. The Bertz CT molecular complexity index is 423. The van der Waals surface area contributed by atoms with Crippen molar-refractivity contribution in [2.45, 2.75) is 19.9 Å². The molecule has 0 fully saturated rings. The molecule has 2 nitrogen and oxygen atoms in total. The average Bonchev–Trinajstić information content (AvgIpc) is 2.84. The number of hydrogen-bond donors (Lipinski definition) is 1. The number of hydrogen-bond acceptors (Lipinski definition) is 3. The highest BCUT2D eigenvalue weighted by molar-refractivity contribution is 9.10. The zero-order valence-corrected chi connectivity index (χ0v) is 11.7. The summed E-state index contributed by atoms with van der Waals surface area (Å²) in [7, 11) is 0. The number of aryl methyl sites for hydroxylation is 1. The zero-order chi connectivity index (χ0) is 11.5. The van der Waals surface area contributed by atoms with Gasteiger partial charge in [-0.3, -0.25) is 0 Å². The van der Waals surface area contributed by atoms with Crippen molar-refractivity contribution in [3.8, 4) is 0 Å². The number of thiophene rings is 1. The van der Waals surface area contributed by atoms with Gasteiger partial charge in [0.2, 0.25) is 0 Å². The van der Waals surface area contributed by atoms with Gasteiger partial charge in [-0.2, -0.15) is 0 Å². The summed E-state index contributed by atoms with van der Waals surface area (Å²) in [6, 6.07) is 4.22. The summed E-state index contributed by atoms with van der Waals surface area (Å²) in [6.45, 7) is 5.15. The Labute approximate surface area is 108 Å². The summed E-state index contributed by atoms with van der Waals surface area (Å²) in [5.41, 5.74) is 1.30. The van der Waals surface area contributed by atoms with E-state index in [1.54, 1.807) is 17.6 Å². The predicted molar refractivity (Wildman–Crippen MR) is 71.0 cm³/mol. The Morgan fingerprint density at radius 3 is 2.81 bits per heavy atom. The maximum absolute atomic E-state index is 5.56. The third-order valence-electron chi connectivity index (χ3n) is 2.48. The van der Waals surface area contributed by atoms with Gasteiger partial charge in [0, 0.05) is 4.88 Å². The monoisotopic (exact) mass is 299 g/mol. The van der Waals surface area contributed by atoms with E-state index in [0.717, 1.165) is 16.8 Å². The topological polar surface area (TPSA) is 25.2 Å². The van der Waals surface area contributed by atoms with Gasteiger partial charge < -0.3 is 9.73 Å². The molecule has 0 aromatic carbocycles. The van der Waals surface area contributed by atoms with E-state index in [1.807, 2.05) is 6.07 Å². The summed E-state index contributed by atoms with van der Waals surface area (Å²) < 4.78 is 6.57. The van der Waals surface area contributed by atoms with Gasteiger partial charge in [0.15, 0.2) is 0 Å². The van der Waals surface area contributed by atoms with Gasteiger partial charge in [-0.1, -0.05) is 6.92 Å². The van der Waals surface area contributed by atoms with Crippen LogP contribution in [-0.4, -0.2) is 6.54 Å². The minimum atomic E-state index is 0.148. The molecule has 1 unspecified atom stereocenters. The van der Waals surface area contributed by atoms with E-state index in [2.05, 4.69) is 46.5 Å². The van der Waals surface area contributed by atoms with Crippen molar-refractivity contribution < 1.29 is 4.42 Å². The molecule has 16 heavy (non-hydrogen) atoms. The van der Waals surface area contributed by atoms with Crippen LogP contribution in [0.25, 0.3) is 0 Å². The van der Waals surface area contributed by atoms with Crippen molar-refractivity contribution >= 4 is 27.3 Å². The van der Waals surface area contributed by atoms with E-state index in [4.69, 9.17) is 4.42 Å². The standard InChI is InChI=1S/C12H14BrNOS/c1-3-14-10(11-9(13)4-6-15-11)12-8(2)5-7-16-12/h4-7,10,14H,3H2,1-2H3. The fourth-order valence-corrected chi connectivity index (χ4v) is 3.13. The summed E-state index contributed by atoms with van der Waals surface area (Å²) in [4.78, 5) is 1.32. The minimum Gasteiger partial charge on any atom is -0.466 e. The molecule has 1 atom stereocenters. The molecule has 0 saturated carbocycles. The molecule has 0 aliphatic heterocycles. The van der Waals surface area contributed by atoms with E-state index < -0.39 is 0 Å². The molecule has 0 amide bonds. The molecule has 2 heterocycles. The normalized spacial score (nSPS) is 12.9. The van der Waals surface area contributed by atoms with Crippen LogP contribution in [0.3, 0.4) is 0 Å². The minimum absolute atomic E-state index is 0.148. The van der Waals surface area contributed by atoms with Gasteiger partial charge in [-0.25, -0.2) is 0 Å². The van der Waals surface area contributed by atoms with E-state index in [9.17, 15) is 0 Å². The summed E-state index contributed by atoms with van der Waals surface area (Å²) >= 11 is 5.28. The lowest BCUT2D eigenvalue weighted by Crippen LogP contribution is -2.21. The smallest absolute Gasteiger partial charge is 0.140 e. The highest BCUT2D eigenvalue weighted by atomic mass is 79.9. The van der Waals surface area contributed by atoms with Gasteiger partial charge in [-0.15, -0.1) is 11.3 Å². The van der Waals surface area contributed by atoms with Gasteiger partial charge in [-0.05, 0) is 52.5 Å². The second-order valence-electron chi connectivity index (χ2n) is 3.59. The summed E-state index contributed by atoms with van der Waals surface area (Å²) in [5, 5.41) is 5.57. The molecule has 4 heteroatoms. The van der Waals surface area contributed by atoms with Crippen molar-refractivity contribution in [1.82, 2.24) is 5.32 Å². The molecular weight excluding hydrogens is 286 g/mol. The molecule has 2 aromatic rings. The lowest BCUT2D eigenvalue weighted by Gasteiger charge is -2.15. The number of furan rings is 1. The maximum atomic E-state index is 5.56. The summed E-state index contributed by atoms with van der Waals surface area (Å²) in [6.07, 6.45) is 1.71. The molecular formula is C12H14BrNOS. The number of nitrogens with one attached hydrogen (secondary N) is 1. The first kappa shape index (κ1) is 11.9. The number of rotatable bonds is 4. The second kappa shape index (κ2) is 5.17. The van der Waals surface area contributed by atoms with Gasteiger partial charge in [0.05, 0.1) is 10.7 Å². The van der Waals surface area contributed by atoms with Crippen LogP contribution in [0, 0.1) is 6.92 Å². The van der Waals surface area contributed by atoms with E-state index in [-0.39, 0.29) is 6.04 Å². The quantitative estimate of drug-likeness (QED) is 0.919. The largest absolute Gasteiger partial charge is 0.466 e. The Morgan fingerprint density at radius 1 is 1.50 bits per heavy atom. The van der Waals surface area contributed by atoms with Crippen LogP contribution in [0.15, 0.2) is 32.7 Å². The van der Waals surface area contributed by atoms with Crippen molar-refractivity contribution in [1.29, 1.82) is 0 Å².